The van der Waals surface area contributed by atoms with Crippen molar-refractivity contribution >= 4 is 11.9 Å². The lowest BCUT2D eigenvalue weighted by atomic mass is 10.0. The summed E-state index contributed by atoms with van der Waals surface area (Å²) >= 11 is 0. The summed E-state index contributed by atoms with van der Waals surface area (Å²) in [7, 11) is 0. The van der Waals surface area contributed by atoms with E-state index in [1.165, 1.54) is 225 Å². The summed E-state index contributed by atoms with van der Waals surface area (Å²) in [6, 6.07) is -0.543. The average Bonchev–Trinajstić information content (AvgIpc) is 3.26. The van der Waals surface area contributed by atoms with Crippen molar-refractivity contribution in [3.8, 4) is 0 Å². The highest BCUT2D eigenvalue weighted by molar-refractivity contribution is 5.76. The lowest BCUT2D eigenvalue weighted by Crippen LogP contribution is -2.45. The van der Waals surface area contributed by atoms with Gasteiger partial charge in [-0.2, -0.15) is 0 Å². The quantitative estimate of drug-likeness (QED) is 0.0322. The van der Waals surface area contributed by atoms with Crippen LogP contribution in [0.4, 0.5) is 0 Å². The summed E-state index contributed by atoms with van der Waals surface area (Å²) in [5.74, 6) is -0.0391. The molecule has 0 aliphatic heterocycles. The maximum absolute atomic E-state index is 12.4. The van der Waals surface area contributed by atoms with Crippen molar-refractivity contribution in [3.63, 3.8) is 0 Å². The zero-order valence-electron chi connectivity index (χ0n) is 41.2. The molecule has 0 bridgehead atoms. The third-order valence-corrected chi connectivity index (χ3v) is 12.8. The number of hydrogen-bond acceptors (Lipinski definition) is 5. The normalized spacial score (nSPS) is 12.7. The van der Waals surface area contributed by atoms with Crippen molar-refractivity contribution in [2.75, 3.05) is 13.2 Å². The highest BCUT2D eigenvalue weighted by Gasteiger charge is 2.20. The first kappa shape index (κ1) is 59.6. The summed E-state index contributed by atoms with van der Waals surface area (Å²) in [6.07, 6.45) is 59.1. The predicted molar refractivity (Wildman–Crippen MR) is 264 cm³/mol. The van der Waals surface area contributed by atoms with Crippen molar-refractivity contribution in [3.05, 3.63) is 12.2 Å². The van der Waals surface area contributed by atoms with Crippen LogP contribution in [0.3, 0.4) is 0 Å². The molecule has 2 unspecified atom stereocenters. The molecule has 61 heavy (non-hydrogen) atoms. The number of esters is 1. The van der Waals surface area contributed by atoms with Crippen molar-refractivity contribution in [2.24, 2.45) is 0 Å². The van der Waals surface area contributed by atoms with Gasteiger partial charge >= 0.3 is 5.97 Å². The van der Waals surface area contributed by atoms with Gasteiger partial charge in [0.25, 0.3) is 0 Å². The molecule has 362 valence electrons. The van der Waals surface area contributed by atoms with Crippen molar-refractivity contribution in [1.29, 1.82) is 0 Å². The molecule has 0 rings (SSSR count). The molecule has 0 saturated carbocycles. The smallest absolute Gasteiger partial charge is 0.305 e. The topological polar surface area (TPSA) is 95.9 Å². The molecule has 0 aromatic heterocycles. The van der Waals surface area contributed by atoms with E-state index in [0.29, 0.717) is 25.9 Å². The van der Waals surface area contributed by atoms with Crippen LogP contribution in [-0.2, 0) is 14.3 Å². The van der Waals surface area contributed by atoms with E-state index >= 15 is 0 Å². The molecule has 0 aliphatic rings. The Hall–Kier alpha value is -1.40. The van der Waals surface area contributed by atoms with E-state index in [1.54, 1.807) is 0 Å². The van der Waals surface area contributed by atoms with Crippen LogP contribution in [0.5, 0.6) is 0 Å². The fourth-order valence-electron chi connectivity index (χ4n) is 8.58. The number of unbranched alkanes of at least 4 members (excludes halogenated alkanes) is 38. The molecule has 6 nitrogen and oxygen atoms in total. The molecule has 0 fully saturated rings. The van der Waals surface area contributed by atoms with Gasteiger partial charge < -0.3 is 20.3 Å². The maximum atomic E-state index is 12.4. The number of hydrogen-bond donors (Lipinski definition) is 3. The summed E-state index contributed by atoms with van der Waals surface area (Å²) in [5.41, 5.74) is 0. The molecule has 0 saturated heterocycles. The summed E-state index contributed by atoms with van der Waals surface area (Å²) in [4.78, 5) is 24.5. The number of ether oxygens (including phenoxy) is 1. The SMILES string of the molecule is CCCCCCCC/C=C\CCCCCCCCCC(=O)OCCCCCCCCCCCCCCCCCCCC(=O)NC(CO)C(O)CCCCCCCCCCCC. The summed E-state index contributed by atoms with van der Waals surface area (Å²) < 4.78 is 5.48. The molecule has 1 amide bonds. The molecule has 2 atom stereocenters. The van der Waals surface area contributed by atoms with E-state index in [4.69, 9.17) is 4.74 Å². The van der Waals surface area contributed by atoms with Crippen LogP contribution < -0.4 is 5.32 Å². The van der Waals surface area contributed by atoms with Crippen LogP contribution in [0.15, 0.2) is 12.2 Å². The highest BCUT2D eigenvalue weighted by atomic mass is 16.5. The zero-order chi connectivity index (χ0) is 44.4. The van der Waals surface area contributed by atoms with Gasteiger partial charge in [0, 0.05) is 12.8 Å². The standard InChI is InChI=1S/C55H107NO5/c1-3-5-7-9-11-13-15-16-17-19-23-26-29-33-37-41-45-49-55(60)61-50-46-42-38-34-30-27-24-21-18-20-22-25-28-32-36-40-44-48-54(59)56-52(51-57)53(58)47-43-39-35-31-14-12-10-8-6-4-2/h16-17,52-53,57-58H,3-15,18-51H2,1-2H3,(H,56,59)/b17-16-. The minimum atomic E-state index is -0.665. The Morgan fingerprint density at radius 2 is 0.770 bits per heavy atom. The molecule has 0 aliphatic carbocycles. The average molecular weight is 862 g/mol. The number of carbonyl (C=O) groups is 2. The Labute approximate surface area is 380 Å². The number of rotatable bonds is 51. The molecule has 0 radical (unpaired) electrons. The summed E-state index contributed by atoms with van der Waals surface area (Å²) in [6.45, 7) is 4.93. The number of aliphatic hydroxyl groups is 2. The first-order chi connectivity index (χ1) is 30.0. The second-order valence-electron chi connectivity index (χ2n) is 18.9. The van der Waals surface area contributed by atoms with Crippen LogP contribution in [0.1, 0.15) is 303 Å². The first-order valence-corrected chi connectivity index (χ1v) is 27.4. The molecule has 0 spiro atoms. The third-order valence-electron chi connectivity index (χ3n) is 12.8. The van der Waals surface area contributed by atoms with Crippen molar-refractivity contribution in [1.82, 2.24) is 5.32 Å². The largest absolute Gasteiger partial charge is 0.466 e. The molecule has 0 heterocycles. The van der Waals surface area contributed by atoms with Gasteiger partial charge in [-0.3, -0.25) is 9.59 Å². The molecule has 3 N–H and O–H groups in total. The molecule has 0 aromatic carbocycles. The van der Waals surface area contributed by atoms with E-state index in [2.05, 4.69) is 31.3 Å². The van der Waals surface area contributed by atoms with E-state index in [9.17, 15) is 19.8 Å². The van der Waals surface area contributed by atoms with Crippen LogP contribution in [0.2, 0.25) is 0 Å². The van der Waals surface area contributed by atoms with Gasteiger partial charge in [-0.1, -0.05) is 251 Å². The minimum Gasteiger partial charge on any atom is -0.466 e. The lowest BCUT2D eigenvalue weighted by molar-refractivity contribution is -0.143. The second-order valence-corrected chi connectivity index (χ2v) is 18.9. The summed E-state index contributed by atoms with van der Waals surface area (Å²) in [5, 5.41) is 23.1. The van der Waals surface area contributed by atoms with Gasteiger partial charge in [-0.05, 0) is 51.4 Å². The number of allylic oxidation sites excluding steroid dienone is 2. The van der Waals surface area contributed by atoms with Gasteiger partial charge in [0.05, 0.1) is 25.4 Å². The van der Waals surface area contributed by atoms with Gasteiger partial charge in [0.1, 0.15) is 0 Å². The number of nitrogens with one attached hydrogen (secondary N) is 1. The number of aliphatic hydroxyl groups excluding tert-OH is 2. The Morgan fingerprint density at radius 1 is 0.443 bits per heavy atom. The number of carbonyl (C=O) groups excluding carboxylic acids is 2. The molecule has 6 heteroatoms. The monoisotopic (exact) mass is 862 g/mol. The van der Waals surface area contributed by atoms with Crippen LogP contribution in [0.25, 0.3) is 0 Å². The predicted octanol–water partition coefficient (Wildman–Crippen LogP) is 16.5. The Balaban J connectivity index is 3.38. The van der Waals surface area contributed by atoms with Crippen LogP contribution >= 0.6 is 0 Å². The van der Waals surface area contributed by atoms with Crippen LogP contribution in [0, 0.1) is 0 Å². The highest BCUT2D eigenvalue weighted by Crippen LogP contribution is 2.17. The van der Waals surface area contributed by atoms with E-state index in [1.807, 2.05) is 0 Å². The van der Waals surface area contributed by atoms with Crippen molar-refractivity contribution < 1.29 is 24.5 Å². The van der Waals surface area contributed by atoms with Gasteiger partial charge in [-0.25, -0.2) is 0 Å². The Kier molecular flexibility index (Phi) is 50.1. The van der Waals surface area contributed by atoms with Crippen molar-refractivity contribution in [2.45, 2.75) is 315 Å². The first-order valence-electron chi connectivity index (χ1n) is 27.4. The zero-order valence-corrected chi connectivity index (χ0v) is 41.2. The fourth-order valence-corrected chi connectivity index (χ4v) is 8.58. The van der Waals surface area contributed by atoms with Gasteiger partial charge in [-0.15, -0.1) is 0 Å². The molecule has 0 aromatic rings. The fraction of sp³-hybridized carbons (Fsp3) is 0.927. The Morgan fingerprint density at radius 3 is 1.16 bits per heavy atom. The lowest BCUT2D eigenvalue weighted by Gasteiger charge is -2.22. The third kappa shape index (κ3) is 47.9. The van der Waals surface area contributed by atoms with Crippen LogP contribution in [-0.4, -0.2) is 47.4 Å². The van der Waals surface area contributed by atoms with Gasteiger partial charge in [0.2, 0.25) is 5.91 Å². The second kappa shape index (κ2) is 51.2. The molecular formula is C55H107NO5. The molecular weight excluding hydrogens is 755 g/mol. The van der Waals surface area contributed by atoms with Gasteiger partial charge in [0.15, 0.2) is 0 Å². The van der Waals surface area contributed by atoms with E-state index in [0.717, 1.165) is 44.9 Å². The number of amides is 1. The Bertz CT molecular complexity index is 909. The van der Waals surface area contributed by atoms with E-state index < -0.39 is 12.1 Å². The van der Waals surface area contributed by atoms with E-state index in [-0.39, 0.29) is 18.5 Å². The minimum absolute atomic E-state index is 0.00220. The maximum Gasteiger partial charge on any atom is 0.305 e.